The van der Waals surface area contributed by atoms with Crippen LogP contribution < -0.4 is 0 Å². The van der Waals surface area contributed by atoms with E-state index in [9.17, 15) is 4.79 Å². The van der Waals surface area contributed by atoms with Crippen molar-refractivity contribution in [1.29, 1.82) is 0 Å². The van der Waals surface area contributed by atoms with Gasteiger partial charge in [-0.3, -0.25) is 4.79 Å². The van der Waals surface area contributed by atoms with Crippen LogP contribution in [-0.2, 0) is 14.3 Å². The summed E-state index contributed by atoms with van der Waals surface area (Å²) in [5, 5.41) is 8.47. The summed E-state index contributed by atoms with van der Waals surface area (Å²) in [5.41, 5.74) is 0. The number of hydrogen-bond acceptors (Lipinski definition) is 3. The molecule has 0 aromatic rings. The highest BCUT2D eigenvalue weighted by molar-refractivity contribution is 5.66. The van der Waals surface area contributed by atoms with E-state index in [4.69, 9.17) is 14.6 Å². The van der Waals surface area contributed by atoms with Gasteiger partial charge in [-0.05, 0) is 6.42 Å². The number of hydrogen-bond donors (Lipinski definition) is 1. The first-order valence-corrected chi connectivity index (χ1v) is 11.6. The van der Waals surface area contributed by atoms with Crippen molar-refractivity contribution in [2.45, 2.75) is 116 Å². The van der Waals surface area contributed by atoms with Crippen LogP contribution in [0, 0.1) is 0 Å². The number of carbonyl (C=O) groups is 1. The number of carboxylic acids is 1. The van der Waals surface area contributed by atoms with E-state index in [1.807, 2.05) is 0 Å². The fraction of sp³-hybridized carbons (Fsp3) is 0.957. The van der Waals surface area contributed by atoms with Gasteiger partial charge >= 0.3 is 5.97 Å². The van der Waals surface area contributed by atoms with Gasteiger partial charge in [0.2, 0.25) is 0 Å². The molecular weight excluding hydrogens is 340 g/mol. The largest absolute Gasteiger partial charge is 0.481 e. The molecule has 0 bridgehead atoms. The molecule has 0 fully saturated rings. The van der Waals surface area contributed by atoms with Crippen molar-refractivity contribution in [3.63, 3.8) is 0 Å². The van der Waals surface area contributed by atoms with Gasteiger partial charge in [-0.1, -0.05) is 103 Å². The van der Waals surface area contributed by atoms with Gasteiger partial charge in [0, 0.05) is 6.61 Å². The van der Waals surface area contributed by atoms with Gasteiger partial charge < -0.3 is 14.6 Å². The third kappa shape index (κ3) is 25.4. The van der Waals surface area contributed by atoms with Crippen LogP contribution in [0.25, 0.3) is 0 Å². The molecule has 0 rings (SSSR count). The van der Waals surface area contributed by atoms with Crippen molar-refractivity contribution in [2.75, 3.05) is 26.4 Å². The number of unbranched alkanes of at least 4 members (excludes halogenated alkanes) is 15. The molecule has 0 radical (unpaired) electrons. The SMILES string of the molecule is CCCCCCCCCCCCCCCCCCOCCOCCC(=O)O. The summed E-state index contributed by atoms with van der Waals surface area (Å²) in [5.74, 6) is -0.816. The molecule has 27 heavy (non-hydrogen) atoms. The molecule has 4 nitrogen and oxygen atoms in total. The minimum absolute atomic E-state index is 0.0686. The maximum atomic E-state index is 10.3. The van der Waals surface area contributed by atoms with Gasteiger partial charge in [0.1, 0.15) is 0 Å². The first-order chi connectivity index (χ1) is 13.3. The average molecular weight is 387 g/mol. The topological polar surface area (TPSA) is 55.8 Å². The van der Waals surface area contributed by atoms with Gasteiger partial charge in [0.05, 0.1) is 26.2 Å². The van der Waals surface area contributed by atoms with Crippen LogP contribution in [-0.4, -0.2) is 37.5 Å². The number of aliphatic carboxylic acids is 1. The van der Waals surface area contributed by atoms with Crippen LogP contribution in [0.4, 0.5) is 0 Å². The van der Waals surface area contributed by atoms with Crippen molar-refractivity contribution < 1.29 is 19.4 Å². The monoisotopic (exact) mass is 386 g/mol. The summed E-state index contributed by atoms with van der Waals surface area (Å²) in [6.07, 6.45) is 22.2. The van der Waals surface area contributed by atoms with Crippen LogP contribution >= 0.6 is 0 Å². The Kier molecular flexibility index (Phi) is 22.9. The number of ether oxygens (including phenoxy) is 2. The Labute approximate surface area is 168 Å². The highest BCUT2D eigenvalue weighted by atomic mass is 16.5. The summed E-state index contributed by atoms with van der Waals surface area (Å²) in [6, 6.07) is 0. The fourth-order valence-electron chi connectivity index (χ4n) is 3.23. The zero-order chi connectivity index (χ0) is 19.8. The molecule has 0 unspecified atom stereocenters. The lowest BCUT2D eigenvalue weighted by Crippen LogP contribution is -2.08. The van der Waals surface area contributed by atoms with E-state index in [2.05, 4.69) is 6.92 Å². The maximum absolute atomic E-state index is 10.3. The van der Waals surface area contributed by atoms with Crippen molar-refractivity contribution >= 4 is 5.97 Å². The van der Waals surface area contributed by atoms with Crippen molar-refractivity contribution in [1.82, 2.24) is 0 Å². The molecule has 0 saturated carbocycles. The van der Waals surface area contributed by atoms with E-state index < -0.39 is 5.97 Å². The third-order valence-electron chi connectivity index (χ3n) is 4.97. The third-order valence-corrected chi connectivity index (χ3v) is 4.97. The summed E-state index contributed by atoms with van der Waals surface area (Å²) in [7, 11) is 0. The average Bonchev–Trinajstić information content (AvgIpc) is 2.65. The number of rotatable bonds is 23. The second kappa shape index (κ2) is 23.4. The standard InChI is InChI=1S/C23H46O4/c1-2-3-4-5-6-7-8-9-10-11-12-13-14-15-16-17-19-26-21-22-27-20-18-23(24)25/h2-22H2,1H3,(H,24,25). The minimum Gasteiger partial charge on any atom is -0.481 e. The first kappa shape index (κ1) is 26.4. The van der Waals surface area contributed by atoms with Crippen molar-refractivity contribution in [3.8, 4) is 0 Å². The van der Waals surface area contributed by atoms with Gasteiger partial charge in [-0.25, -0.2) is 0 Å². The van der Waals surface area contributed by atoms with E-state index in [1.165, 1.54) is 96.3 Å². The predicted molar refractivity (Wildman–Crippen MR) is 113 cm³/mol. The van der Waals surface area contributed by atoms with Gasteiger partial charge in [0.15, 0.2) is 0 Å². The Morgan fingerprint density at radius 1 is 0.556 bits per heavy atom. The molecule has 4 heteroatoms. The highest BCUT2D eigenvalue weighted by Crippen LogP contribution is 2.13. The molecule has 0 saturated heterocycles. The lowest BCUT2D eigenvalue weighted by atomic mass is 10.0. The second-order valence-electron chi connectivity index (χ2n) is 7.67. The minimum atomic E-state index is -0.816. The molecule has 0 atom stereocenters. The second-order valence-corrected chi connectivity index (χ2v) is 7.67. The molecule has 1 N–H and O–H groups in total. The number of carboxylic acid groups (broad SMARTS) is 1. The molecule has 0 aliphatic heterocycles. The summed E-state index contributed by atoms with van der Waals surface area (Å²) >= 11 is 0. The maximum Gasteiger partial charge on any atom is 0.305 e. The van der Waals surface area contributed by atoms with Crippen LogP contribution in [0.3, 0.4) is 0 Å². The smallest absolute Gasteiger partial charge is 0.305 e. The molecule has 0 aromatic carbocycles. The zero-order valence-corrected chi connectivity index (χ0v) is 18.0. The quantitative estimate of drug-likeness (QED) is 0.197. The Morgan fingerprint density at radius 3 is 1.33 bits per heavy atom. The van der Waals surface area contributed by atoms with Crippen LogP contribution in [0.1, 0.15) is 116 Å². The lowest BCUT2D eigenvalue weighted by Gasteiger charge is -2.05. The van der Waals surface area contributed by atoms with Crippen LogP contribution in [0.15, 0.2) is 0 Å². The van der Waals surface area contributed by atoms with E-state index in [1.54, 1.807) is 0 Å². The van der Waals surface area contributed by atoms with Gasteiger partial charge in [-0.2, -0.15) is 0 Å². The summed E-state index contributed by atoms with van der Waals surface area (Å²) in [6.45, 7) is 4.41. The van der Waals surface area contributed by atoms with Crippen LogP contribution in [0.5, 0.6) is 0 Å². The van der Waals surface area contributed by atoms with Gasteiger partial charge in [-0.15, -0.1) is 0 Å². The summed E-state index contributed by atoms with van der Waals surface area (Å²) < 4.78 is 10.7. The predicted octanol–water partition coefficient (Wildman–Crippen LogP) is 6.76. The Bertz CT molecular complexity index is 294. The van der Waals surface area contributed by atoms with Crippen LogP contribution in [0.2, 0.25) is 0 Å². The van der Waals surface area contributed by atoms with Gasteiger partial charge in [0.25, 0.3) is 0 Å². The molecule has 162 valence electrons. The van der Waals surface area contributed by atoms with Crippen molar-refractivity contribution in [2.24, 2.45) is 0 Å². The van der Waals surface area contributed by atoms with E-state index in [0.29, 0.717) is 13.2 Å². The lowest BCUT2D eigenvalue weighted by molar-refractivity contribution is -0.138. The molecule has 0 aliphatic rings. The molecule has 0 aliphatic carbocycles. The summed E-state index contributed by atoms with van der Waals surface area (Å²) in [4.78, 5) is 10.3. The molecule has 0 heterocycles. The molecular formula is C23H46O4. The Hall–Kier alpha value is -0.610. The van der Waals surface area contributed by atoms with E-state index in [-0.39, 0.29) is 13.0 Å². The zero-order valence-electron chi connectivity index (χ0n) is 18.0. The van der Waals surface area contributed by atoms with E-state index in [0.717, 1.165) is 13.0 Å². The first-order valence-electron chi connectivity index (χ1n) is 11.6. The van der Waals surface area contributed by atoms with E-state index >= 15 is 0 Å². The Morgan fingerprint density at radius 2 is 0.926 bits per heavy atom. The Balaban J connectivity index is 2.98. The van der Waals surface area contributed by atoms with Crippen molar-refractivity contribution in [3.05, 3.63) is 0 Å². The molecule has 0 spiro atoms. The molecule has 0 aromatic heterocycles. The molecule has 0 amide bonds. The fourth-order valence-corrected chi connectivity index (χ4v) is 3.23. The highest BCUT2D eigenvalue weighted by Gasteiger charge is 1.97. The normalized spacial score (nSPS) is 11.1.